The number of halogens is 2. The molecule has 2 rings (SSSR count). The number of hydrogen-bond donors (Lipinski definition) is 1. The highest BCUT2D eigenvalue weighted by Gasteiger charge is 2.12. The first kappa shape index (κ1) is 20.0. The van der Waals surface area contributed by atoms with Crippen molar-refractivity contribution in [1.82, 2.24) is 10.2 Å². The topological polar surface area (TPSA) is 33.7 Å². The van der Waals surface area contributed by atoms with Gasteiger partial charge in [0, 0.05) is 24.7 Å². The van der Waals surface area contributed by atoms with Crippen molar-refractivity contribution in [2.24, 2.45) is 0 Å². The van der Waals surface area contributed by atoms with Crippen LogP contribution in [0.2, 0.25) is 5.02 Å². The van der Waals surface area contributed by atoms with Gasteiger partial charge in [-0.05, 0) is 65.4 Å². The van der Waals surface area contributed by atoms with Crippen LogP contribution in [0.1, 0.15) is 11.1 Å². The van der Waals surface area contributed by atoms with E-state index < -0.39 is 0 Å². The third-order valence-electron chi connectivity index (χ3n) is 3.65. The first-order valence-electron chi connectivity index (χ1n) is 8.08. The molecule has 0 saturated carbocycles. The van der Waals surface area contributed by atoms with Crippen LogP contribution < -0.4 is 14.8 Å². The lowest BCUT2D eigenvalue weighted by Crippen LogP contribution is -2.26. The molecule has 0 atom stereocenters. The third-order valence-corrected chi connectivity index (χ3v) is 4.49. The largest absolute Gasteiger partial charge is 0.493 e. The lowest BCUT2D eigenvalue weighted by molar-refractivity contribution is 0.282. The smallest absolute Gasteiger partial charge is 0.175 e. The maximum Gasteiger partial charge on any atom is 0.175 e. The van der Waals surface area contributed by atoms with Gasteiger partial charge in [0.2, 0.25) is 0 Å². The molecule has 2 aromatic carbocycles. The van der Waals surface area contributed by atoms with Crippen LogP contribution in [-0.2, 0) is 13.2 Å². The Hall–Kier alpha value is -1.27. The lowest BCUT2D eigenvalue weighted by atomic mass is 10.2. The molecule has 0 unspecified atom stereocenters. The summed E-state index contributed by atoms with van der Waals surface area (Å²) in [6.45, 7) is 3.16. The summed E-state index contributed by atoms with van der Waals surface area (Å²) in [7, 11) is 5.78. The second kappa shape index (κ2) is 10.0. The molecule has 25 heavy (non-hydrogen) atoms. The fourth-order valence-corrected chi connectivity index (χ4v) is 3.02. The standard InChI is InChI=1S/C19H24BrClN2O2/c1-23(2)9-8-22-12-15-10-17(20)19(18(11-15)24-3)25-13-14-4-6-16(21)7-5-14/h4-7,10-11,22H,8-9,12-13H2,1-3H3. The molecule has 1 N–H and O–H groups in total. The zero-order valence-corrected chi connectivity index (χ0v) is 17.2. The summed E-state index contributed by atoms with van der Waals surface area (Å²) in [5, 5.41) is 4.14. The molecule has 0 aliphatic heterocycles. The minimum Gasteiger partial charge on any atom is -0.493 e. The summed E-state index contributed by atoms with van der Waals surface area (Å²) in [6, 6.07) is 11.7. The number of nitrogens with zero attached hydrogens (tertiary/aromatic N) is 1. The molecule has 0 bridgehead atoms. The van der Waals surface area contributed by atoms with E-state index in [0.29, 0.717) is 23.1 Å². The number of ether oxygens (including phenoxy) is 2. The van der Waals surface area contributed by atoms with Gasteiger partial charge in [-0.15, -0.1) is 0 Å². The number of nitrogens with one attached hydrogen (secondary N) is 1. The van der Waals surface area contributed by atoms with Gasteiger partial charge >= 0.3 is 0 Å². The van der Waals surface area contributed by atoms with Gasteiger partial charge in [0.15, 0.2) is 11.5 Å². The Labute approximate surface area is 163 Å². The normalized spacial score (nSPS) is 11.0. The molecular weight excluding hydrogens is 404 g/mol. The fourth-order valence-electron chi connectivity index (χ4n) is 2.29. The first-order chi connectivity index (χ1) is 12.0. The highest BCUT2D eigenvalue weighted by Crippen LogP contribution is 2.37. The van der Waals surface area contributed by atoms with E-state index in [0.717, 1.165) is 35.2 Å². The molecule has 0 aliphatic carbocycles. The Morgan fingerprint density at radius 2 is 1.84 bits per heavy atom. The van der Waals surface area contributed by atoms with E-state index in [9.17, 15) is 0 Å². The second-order valence-electron chi connectivity index (χ2n) is 6.00. The van der Waals surface area contributed by atoms with Crippen molar-refractivity contribution in [3.8, 4) is 11.5 Å². The Kier molecular flexibility index (Phi) is 8.03. The summed E-state index contributed by atoms with van der Waals surface area (Å²) >= 11 is 9.51. The van der Waals surface area contributed by atoms with Gasteiger partial charge in [-0.1, -0.05) is 23.7 Å². The number of hydrogen-bond acceptors (Lipinski definition) is 4. The summed E-state index contributed by atoms with van der Waals surface area (Å²) in [5.74, 6) is 1.42. The van der Waals surface area contributed by atoms with E-state index in [-0.39, 0.29) is 0 Å². The predicted octanol–water partition coefficient (Wildman–Crippen LogP) is 4.34. The molecule has 0 heterocycles. The van der Waals surface area contributed by atoms with Gasteiger partial charge in [0.25, 0.3) is 0 Å². The van der Waals surface area contributed by atoms with E-state index in [1.54, 1.807) is 7.11 Å². The van der Waals surface area contributed by atoms with Crippen LogP contribution in [0.3, 0.4) is 0 Å². The average molecular weight is 428 g/mol. The van der Waals surface area contributed by atoms with Crippen molar-refractivity contribution in [3.63, 3.8) is 0 Å². The van der Waals surface area contributed by atoms with Gasteiger partial charge in [-0.2, -0.15) is 0 Å². The van der Waals surface area contributed by atoms with Crippen LogP contribution in [-0.4, -0.2) is 39.2 Å². The summed E-state index contributed by atoms with van der Waals surface area (Å²) in [6.07, 6.45) is 0. The lowest BCUT2D eigenvalue weighted by Gasteiger charge is -2.15. The van der Waals surface area contributed by atoms with E-state index in [4.69, 9.17) is 21.1 Å². The Bertz CT molecular complexity index is 678. The van der Waals surface area contributed by atoms with E-state index in [1.165, 1.54) is 0 Å². The first-order valence-corrected chi connectivity index (χ1v) is 9.26. The molecule has 0 amide bonds. The van der Waals surface area contributed by atoms with Gasteiger partial charge in [0.1, 0.15) is 6.61 Å². The molecule has 6 heteroatoms. The minimum atomic E-state index is 0.451. The van der Waals surface area contributed by atoms with E-state index in [2.05, 4.69) is 46.3 Å². The summed E-state index contributed by atoms with van der Waals surface area (Å²) in [5.41, 5.74) is 2.19. The predicted molar refractivity (Wildman–Crippen MR) is 107 cm³/mol. The monoisotopic (exact) mass is 426 g/mol. The molecule has 0 aromatic heterocycles. The highest BCUT2D eigenvalue weighted by molar-refractivity contribution is 9.10. The highest BCUT2D eigenvalue weighted by atomic mass is 79.9. The van der Waals surface area contributed by atoms with Crippen LogP contribution in [0.25, 0.3) is 0 Å². The average Bonchev–Trinajstić information content (AvgIpc) is 2.58. The molecule has 2 aromatic rings. The number of benzene rings is 2. The zero-order chi connectivity index (χ0) is 18.2. The van der Waals surface area contributed by atoms with Crippen molar-refractivity contribution < 1.29 is 9.47 Å². The van der Waals surface area contributed by atoms with Gasteiger partial charge in [-0.25, -0.2) is 0 Å². The van der Waals surface area contributed by atoms with Gasteiger partial charge in [-0.3, -0.25) is 0 Å². The molecule has 136 valence electrons. The molecule has 0 radical (unpaired) electrons. The summed E-state index contributed by atoms with van der Waals surface area (Å²) in [4.78, 5) is 2.15. The number of likely N-dealkylation sites (N-methyl/N-ethyl adjacent to an activating group) is 1. The molecule has 0 aliphatic rings. The van der Waals surface area contributed by atoms with Crippen LogP contribution in [0.4, 0.5) is 0 Å². The summed E-state index contributed by atoms with van der Waals surface area (Å²) < 4.78 is 12.3. The second-order valence-corrected chi connectivity index (χ2v) is 7.29. The minimum absolute atomic E-state index is 0.451. The van der Waals surface area contributed by atoms with E-state index >= 15 is 0 Å². The molecule has 0 fully saturated rings. The molecule has 0 saturated heterocycles. The van der Waals surface area contributed by atoms with Crippen molar-refractivity contribution in [2.45, 2.75) is 13.2 Å². The van der Waals surface area contributed by atoms with Crippen LogP contribution in [0.5, 0.6) is 11.5 Å². The van der Waals surface area contributed by atoms with Crippen LogP contribution in [0.15, 0.2) is 40.9 Å². The number of rotatable bonds is 9. The van der Waals surface area contributed by atoms with Crippen molar-refractivity contribution in [1.29, 1.82) is 0 Å². The SMILES string of the molecule is COc1cc(CNCCN(C)C)cc(Br)c1OCc1ccc(Cl)cc1. The molecular formula is C19H24BrClN2O2. The van der Waals surface area contributed by atoms with Gasteiger partial charge < -0.3 is 19.7 Å². The zero-order valence-electron chi connectivity index (χ0n) is 14.8. The third kappa shape index (κ3) is 6.51. The van der Waals surface area contributed by atoms with E-state index in [1.807, 2.05) is 30.3 Å². The molecule has 0 spiro atoms. The van der Waals surface area contributed by atoms with Crippen molar-refractivity contribution in [2.75, 3.05) is 34.3 Å². The van der Waals surface area contributed by atoms with Crippen molar-refractivity contribution in [3.05, 3.63) is 57.0 Å². The Balaban J connectivity index is 2.01. The quantitative estimate of drug-likeness (QED) is 0.604. The maximum atomic E-state index is 5.95. The maximum absolute atomic E-state index is 5.95. The number of methoxy groups -OCH3 is 1. The fraction of sp³-hybridized carbons (Fsp3) is 0.368. The van der Waals surface area contributed by atoms with Crippen LogP contribution in [0, 0.1) is 0 Å². The van der Waals surface area contributed by atoms with Crippen LogP contribution >= 0.6 is 27.5 Å². The van der Waals surface area contributed by atoms with Gasteiger partial charge in [0.05, 0.1) is 11.6 Å². The van der Waals surface area contributed by atoms with Crippen molar-refractivity contribution >= 4 is 27.5 Å². The Morgan fingerprint density at radius 1 is 1.12 bits per heavy atom. The Morgan fingerprint density at radius 3 is 2.48 bits per heavy atom. The molecule has 4 nitrogen and oxygen atoms in total.